The number of thioether (sulfide) groups is 1. The van der Waals surface area contributed by atoms with Gasteiger partial charge in [-0.25, -0.2) is 4.98 Å². The smallest absolute Gasteiger partial charge is 0.316 e. The van der Waals surface area contributed by atoms with Gasteiger partial charge in [0.05, 0.1) is 12.4 Å². The highest BCUT2D eigenvalue weighted by Gasteiger charge is 2.14. The molecule has 0 radical (unpaired) electrons. The summed E-state index contributed by atoms with van der Waals surface area (Å²) >= 11 is 1.22. The van der Waals surface area contributed by atoms with Crippen molar-refractivity contribution in [1.29, 1.82) is 0 Å². The van der Waals surface area contributed by atoms with E-state index >= 15 is 0 Å². The number of aryl methyl sites for hydroxylation is 2. The van der Waals surface area contributed by atoms with Crippen LogP contribution in [0.15, 0.2) is 34.2 Å². The second-order valence-corrected chi connectivity index (χ2v) is 6.52. The molecule has 0 aliphatic heterocycles. The topological polar surface area (TPSA) is 61.2 Å². The molecule has 0 saturated heterocycles. The summed E-state index contributed by atoms with van der Waals surface area (Å²) in [4.78, 5) is 28.6. The predicted molar refractivity (Wildman–Crippen MR) is 95.6 cm³/mol. The first-order valence-corrected chi connectivity index (χ1v) is 8.81. The fourth-order valence-electron chi connectivity index (χ4n) is 2.41. The van der Waals surface area contributed by atoms with Crippen LogP contribution in [0.5, 0.6) is 0 Å². The molecular formula is C18H22N2O3S. The third kappa shape index (κ3) is 4.47. The van der Waals surface area contributed by atoms with Gasteiger partial charge in [-0.2, -0.15) is 0 Å². The van der Waals surface area contributed by atoms with Gasteiger partial charge in [0.15, 0.2) is 5.16 Å². The van der Waals surface area contributed by atoms with Crippen molar-refractivity contribution in [2.75, 3.05) is 12.4 Å². The standard InChI is InChI=1S/C18H22N2O3S/c1-5-23-16(21)11-24-18-19-13(3)15(17(22)20(18)4)10-14-8-6-7-12(2)9-14/h6-9H,5,10-11H2,1-4H3. The summed E-state index contributed by atoms with van der Waals surface area (Å²) in [5, 5.41) is 0.526. The monoisotopic (exact) mass is 346 g/mol. The summed E-state index contributed by atoms with van der Waals surface area (Å²) in [5.74, 6) is -0.164. The molecule has 0 N–H and O–H groups in total. The number of carbonyl (C=O) groups excluding carboxylic acids is 1. The van der Waals surface area contributed by atoms with Crippen LogP contribution >= 0.6 is 11.8 Å². The van der Waals surface area contributed by atoms with Crippen LogP contribution in [-0.4, -0.2) is 27.9 Å². The minimum absolute atomic E-state index is 0.0737. The molecule has 24 heavy (non-hydrogen) atoms. The van der Waals surface area contributed by atoms with E-state index in [1.165, 1.54) is 16.3 Å². The van der Waals surface area contributed by atoms with Gasteiger partial charge in [-0.3, -0.25) is 14.2 Å². The van der Waals surface area contributed by atoms with Crippen molar-refractivity contribution in [1.82, 2.24) is 9.55 Å². The molecule has 0 bridgehead atoms. The normalized spacial score (nSPS) is 10.7. The van der Waals surface area contributed by atoms with Crippen molar-refractivity contribution in [2.24, 2.45) is 7.05 Å². The lowest BCUT2D eigenvalue weighted by Gasteiger charge is -2.12. The van der Waals surface area contributed by atoms with Gasteiger partial charge in [-0.15, -0.1) is 0 Å². The average molecular weight is 346 g/mol. The van der Waals surface area contributed by atoms with Gasteiger partial charge >= 0.3 is 5.97 Å². The van der Waals surface area contributed by atoms with Crippen LogP contribution in [0.25, 0.3) is 0 Å². The maximum absolute atomic E-state index is 12.7. The Bertz CT molecular complexity index is 799. The Kier molecular flexibility index (Phi) is 6.20. The Morgan fingerprint density at radius 1 is 1.33 bits per heavy atom. The Hall–Kier alpha value is -2.08. The quantitative estimate of drug-likeness (QED) is 0.457. The number of carbonyl (C=O) groups is 1. The first kappa shape index (κ1) is 18.3. The highest BCUT2D eigenvalue weighted by Crippen LogP contribution is 2.17. The summed E-state index contributed by atoms with van der Waals surface area (Å²) in [6, 6.07) is 8.10. The van der Waals surface area contributed by atoms with Gasteiger partial charge < -0.3 is 4.74 Å². The van der Waals surface area contributed by atoms with E-state index < -0.39 is 0 Å². The lowest BCUT2D eigenvalue weighted by molar-refractivity contribution is -0.139. The van der Waals surface area contributed by atoms with Crippen LogP contribution in [0.3, 0.4) is 0 Å². The van der Waals surface area contributed by atoms with E-state index in [1.807, 2.05) is 32.0 Å². The van der Waals surface area contributed by atoms with Gasteiger partial charge in [0, 0.05) is 24.7 Å². The number of nitrogens with zero attached hydrogens (tertiary/aromatic N) is 2. The molecule has 1 aromatic carbocycles. The van der Waals surface area contributed by atoms with E-state index in [0.717, 1.165) is 11.1 Å². The number of esters is 1. The molecule has 128 valence electrons. The number of hydrogen-bond acceptors (Lipinski definition) is 5. The number of ether oxygens (including phenoxy) is 1. The zero-order valence-corrected chi connectivity index (χ0v) is 15.3. The number of aromatic nitrogens is 2. The van der Waals surface area contributed by atoms with E-state index in [0.29, 0.717) is 29.4 Å². The second kappa shape index (κ2) is 8.15. The van der Waals surface area contributed by atoms with Gasteiger partial charge in [0.1, 0.15) is 0 Å². The van der Waals surface area contributed by atoms with Crippen molar-refractivity contribution in [3.8, 4) is 0 Å². The summed E-state index contributed by atoms with van der Waals surface area (Å²) in [6.07, 6.45) is 0.552. The highest BCUT2D eigenvalue weighted by atomic mass is 32.2. The first-order chi connectivity index (χ1) is 11.4. The number of rotatable bonds is 6. The maximum atomic E-state index is 12.7. The third-order valence-electron chi connectivity index (χ3n) is 3.64. The molecule has 1 aromatic heterocycles. The zero-order chi connectivity index (χ0) is 17.7. The molecule has 0 aliphatic carbocycles. The largest absolute Gasteiger partial charge is 0.465 e. The average Bonchev–Trinajstić information content (AvgIpc) is 2.54. The van der Waals surface area contributed by atoms with E-state index in [-0.39, 0.29) is 17.3 Å². The SMILES string of the molecule is CCOC(=O)CSc1nc(C)c(Cc2cccc(C)c2)c(=O)n1C. The van der Waals surface area contributed by atoms with Crippen molar-refractivity contribution >= 4 is 17.7 Å². The van der Waals surface area contributed by atoms with E-state index in [1.54, 1.807) is 14.0 Å². The van der Waals surface area contributed by atoms with Crippen molar-refractivity contribution in [3.05, 3.63) is 57.0 Å². The number of benzene rings is 1. The molecule has 0 spiro atoms. The van der Waals surface area contributed by atoms with Gasteiger partial charge in [-0.05, 0) is 26.3 Å². The molecule has 6 heteroatoms. The summed E-state index contributed by atoms with van der Waals surface area (Å²) < 4.78 is 6.40. The molecular weight excluding hydrogens is 324 g/mol. The highest BCUT2D eigenvalue weighted by molar-refractivity contribution is 7.99. The third-order valence-corrected chi connectivity index (χ3v) is 4.64. The van der Waals surface area contributed by atoms with Crippen molar-refractivity contribution < 1.29 is 9.53 Å². The van der Waals surface area contributed by atoms with Crippen LogP contribution in [0.2, 0.25) is 0 Å². The Labute approximate surface area is 146 Å². The molecule has 5 nitrogen and oxygen atoms in total. The number of hydrogen-bond donors (Lipinski definition) is 0. The van der Waals surface area contributed by atoms with Gasteiger partial charge in [0.2, 0.25) is 0 Å². The van der Waals surface area contributed by atoms with Crippen LogP contribution in [0, 0.1) is 13.8 Å². The van der Waals surface area contributed by atoms with E-state index in [9.17, 15) is 9.59 Å². The molecule has 0 fully saturated rings. The molecule has 2 rings (SSSR count). The summed E-state index contributed by atoms with van der Waals surface area (Å²) in [7, 11) is 1.68. The summed E-state index contributed by atoms with van der Waals surface area (Å²) in [5.41, 5.74) is 3.56. The molecule has 0 amide bonds. The van der Waals surface area contributed by atoms with Gasteiger partial charge in [0.25, 0.3) is 5.56 Å². The fraction of sp³-hybridized carbons (Fsp3) is 0.389. The minimum atomic E-state index is -0.307. The molecule has 1 heterocycles. The Balaban J connectivity index is 2.24. The van der Waals surface area contributed by atoms with Gasteiger partial charge in [-0.1, -0.05) is 41.6 Å². The second-order valence-electron chi connectivity index (χ2n) is 5.58. The minimum Gasteiger partial charge on any atom is -0.465 e. The van der Waals surface area contributed by atoms with E-state index in [2.05, 4.69) is 11.1 Å². The lowest BCUT2D eigenvalue weighted by atomic mass is 10.0. The predicted octanol–water partition coefficient (Wildman–Crippen LogP) is 2.64. The Morgan fingerprint density at radius 3 is 2.75 bits per heavy atom. The van der Waals surface area contributed by atoms with Crippen LogP contribution in [0.1, 0.15) is 29.3 Å². The molecule has 0 atom stereocenters. The van der Waals surface area contributed by atoms with Crippen molar-refractivity contribution in [3.63, 3.8) is 0 Å². The maximum Gasteiger partial charge on any atom is 0.316 e. The van der Waals surface area contributed by atoms with Crippen LogP contribution < -0.4 is 5.56 Å². The fourth-order valence-corrected chi connectivity index (χ4v) is 3.22. The lowest BCUT2D eigenvalue weighted by Crippen LogP contribution is -2.26. The molecule has 0 saturated carbocycles. The molecule has 0 unspecified atom stereocenters. The van der Waals surface area contributed by atoms with Crippen LogP contribution in [0.4, 0.5) is 0 Å². The summed E-state index contributed by atoms with van der Waals surface area (Å²) in [6.45, 7) is 5.98. The Morgan fingerprint density at radius 2 is 2.08 bits per heavy atom. The van der Waals surface area contributed by atoms with Crippen molar-refractivity contribution in [2.45, 2.75) is 32.3 Å². The van der Waals surface area contributed by atoms with E-state index in [4.69, 9.17) is 4.74 Å². The van der Waals surface area contributed by atoms with Crippen LogP contribution in [-0.2, 0) is 23.0 Å². The molecule has 2 aromatic rings. The first-order valence-electron chi connectivity index (χ1n) is 7.82. The zero-order valence-electron chi connectivity index (χ0n) is 14.5. The molecule has 0 aliphatic rings.